The number of fused-ring (bicyclic) bond motifs is 3. The molecule has 0 spiro atoms. The highest BCUT2D eigenvalue weighted by Gasteiger charge is 2.19. The molecule has 4 aromatic rings. The first-order valence-electron chi connectivity index (χ1n) is 11.9. The summed E-state index contributed by atoms with van der Waals surface area (Å²) in [6.07, 6.45) is 0.0503. The van der Waals surface area contributed by atoms with Gasteiger partial charge in [-0.2, -0.15) is 0 Å². The number of carbonyl (C=O) groups is 2. The molecular formula is C26H30N6O4. The topological polar surface area (TPSA) is 120 Å². The molecule has 36 heavy (non-hydrogen) atoms. The van der Waals surface area contributed by atoms with Crippen molar-refractivity contribution in [2.75, 3.05) is 11.9 Å². The number of carbonyl (C=O) groups excluding carboxylic acids is 2. The Labute approximate surface area is 207 Å². The fourth-order valence-electron chi connectivity index (χ4n) is 4.12. The molecule has 0 bridgehead atoms. The molecule has 2 aromatic carbocycles. The summed E-state index contributed by atoms with van der Waals surface area (Å²) in [6.45, 7) is 8.02. The van der Waals surface area contributed by atoms with E-state index >= 15 is 0 Å². The van der Waals surface area contributed by atoms with Crippen molar-refractivity contribution in [3.8, 4) is 0 Å². The first kappa shape index (κ1) is 24.9. The Morgan fingerprint density at radius 2 is 1.67 bits per heavy atom. The molecule has 188 valence electrons. The van der Waals surface area contributed by atoms with Gasteiger partial charge < -0.3 is 10.6 Å². The van der Waals surface area contributed by atoms with Crippen LogP contribution in [0.3, 0.4) is 0 Å². The Morgan fingerprint density at radius 1 is 0.972 bits per heavy atom. The van der Waals surface area contributed by atoms with Crippen LogP contribution in [0.4, 0.5) is 5.69 Å². The van der Waals surface area contributed by atoms with Crippen molar-refractivity contribution < 1.29 is 9.59 Å². The summed E-state index contributed by atoms with van der Waals surface area (Å²) in [7, 11) is 0. The highest BCUT2D eigenvalue weighted by Crippen LogP contribution is 2.19. The Balaban J connectivity index is 1.71. The SMILES string of the molecule is Cc1cccc(C)c1NC(=O)Cn1nc2n(CCC(=O)NCC(C)C)c(=O)c3ccccc3n2c1=O. The summed E-state index contributed by atoms with van der Waals surface area (Å²) < 4.78 is 3.67. The van der Waals surface area contributed by atoms with E-state index in [4.69, 9.17) is 0 Å². The van der Waals surface area contributed by atoms with Crippen LogP contribution in [0.1, 0.15) is 31.4 Å². The number of amides is 2. The predicted octanol–water partition coefficient (Wildman–Crippen LogP) is 2.23. The van der Waals surface area contributed by atoms with Crippen molar-refractivity contribution >= 4 is 34.2 Å². The maximum Gasteiger partial charge on any atom is 0.352 e. The Kier molecular flexibility index (Phi) is 7.05. The van der Waals surface area contributed by atoms with Crippen molar-refractivity contribution in [1.29, 1.82) is 0 Å². The van der Waals surface area contributed by atoms with E-state index in [0.717, 1.165) is 15.8 Å². The third-order valence-corrected chi connectivity index (χ3v) is 5.99. The van der Waals surface area contributed by atoms with Crippen LogP contribution in [-0.4, -0.2) is 37.1 Å². The van der Waals surface area contributed by atoms with Gasteiger partial charge in [0, 0.05) is 25.2 Å². The number of nitrogens with one attached hydrogen (secondary N) is 2. The Bertz CT molecular complexity index is 1560. The van der Waals surface area contributed by atoms with E-state index in [1.54, 1.807) is 24.3 Å². The lowest BCUT2D eigenvalue weighted by atomic mass is 10.1. The summed E-state index contributed by atoms with van der Waals surface area (Å²) >= 11 is 0. The molecule has 0 radical (unpaired) electrons. The number of hydrogen-bond acceptors (Lipinski definition) is 5. The summed E-state index contributed by atoms with van der Waals surface area (Å²) in [4.78, 5) is 51.7. The number of para-hydroxylation sites is 2. The van der Waals surface area contributed by atoms with E-state index in [9.17, 15) is 19.2 Å². The lowest BCUT2D eigenvalue weighted by molar-refractivity contribution is -0.121. The second-order valence-electron chi connectivity index (χ2n) is 9.31. The smallest absolute Gasteiger partial charge is 0.352 e. The van der Waals surface area contributed by atoms with Crippen molar-refractivity contribution in [1.82, 2.24) is 24.1 Å². The number of aromatic nitrogens is 4. The molecule has 10 nitrogen and oxygen atoms in total. The fourth-order valence-corrected chi connectivity index (χ4v) is 4.12. The molecule has 0 aliphatic carbocycles. The molecule has 10 heteroatoms. The predicted molar refractivity (Wildman–Crippen MR) is 138 cm³/mol. The van der Waals surface area contributed by atoms with Crippen LogP contribution in [0, 0.1) is 19.8 Å². The quantitative estimate of drug-likeness (QED) is 0.393. The van der Waals surface area contributed by atoms with Crippen molar-refractivity contribution in [3.63, 3.8) is 0 Å². The van der Waals surface area contributed by atoms with E-state index in [1.807, 2.05) is 45.9 Å². The van der Waals surface area contributed by atoms with Gasteiger partial charge in [-0.25, -0.2) is 13.9 Å². The highest BCUT2D eigenvalue weighted by molar-refractivity contribution is 5.92. The molecule has 4 rings (SSSR count). The molecule has 0 saturated heterocycles. The van der Waals surface area contributed by atoms with Crippen LogP contribution >= 0.6 is 0 Å². The van der Waals surface area contributed by atoms with Gasteiger partial charge in [-0.15, -0.1) is 5.10 Å². The van der Waals surface area contributed by atoms with Gasteiger partial charge in [-0.05, 0) is 43.0 Å². The van der Waals surface area contributed by atoms with E-state index in [2.05, 4.69) is 15.7 Å². The number of anilines is 1. The van der Waals surface area contributed by atoms with E-state index in [0.29, 0.717) is 29.1 Å². The molecule has 0 atom stereocenters. The lowest BCUT2D eigenvalue weighted by Gasteiger charge is -2.11. The van der Waals surface area contributed by atoms with Gasteiger partial charge in [-0.3, -0.25) is 19.0 Å². The van der Waals surface area contributed by atoms with E-state index in [-0.39, 0.29) is 36.8 Å². The molecule has 0 aliphatic heterocycles. The molecule has 2 heterocycles. The number of benzene rings is 2. The van der Waals surface area contributed by atoms with Crippen molar-refractivity contribution in [2.24, 2.45) is 5.92 Å². The van der Waals surface area contributed by atoms with Crippen LogP contribution in [0.15, 0.2) is 52.1 Å². The molecule has 0 unspecified atom stereocenters. The Morgan fingerprint density at radius 3 is 2.36 bits per heavy atom. The first-order valence-corrected chi connectivity index (χ1v) is 11.9. The largest absolute Gasteiger partial charge is 0.356 e. The first-order chi connectivity index (χ1) is 17.2. The van der Waals surface area contributed by atoms with E-state index in [1.165, 1.54) is 8.97 Å². The van der Waals surface area contributed by atoms with Crippen LogP contribution in [0.2, 0.25) is 0 Å². The summed E-state index contributed by atoms with van der Waals surface area (Å²) in [5.74, 6) is -0.228. The normalized spacial score (nSPS) is 11.4. The van der Waals surface area contributed by atoms with Gasteiger partial charge in [0.15, 0.2) is 0 Å². The average Bonchev–Trinajstić information content (AvgIpc) is 3.15. The minimum Gasteiger partial charge on any atom is -0.356 e. The lowest BCUT2D eigenvalue weighted by Crippen LogP contribution is -2.31. The maximum atomic E-state index is 13.3. The number of nitrogens with zero attached hydrogens (tertiary/aromatic N) is 4. The standard InChI is InChI=1S/C26H30N6O4/c1-16(2)14-27-21(33)12-13-30-24(35)19-10-5-6-11-20(19)32-25(30)29-31(26(32)36)15-22(34)28-23-17(3)8-7-9-18(23)4/h5-11,16H,12-15H2,1-4H3,(H,27,33)(H,28,34). The summed E-state index contributed by atoms with van der Waals surface area (Å²) in [5, 5.41) is 10.4. The minimum absolute atomic E-state index is 0.0438. The van der Waals surface area contributed by atoms with Gasteiger partial charge in [0.05, 0.1) is 10.9 Å². The molecule has 2 amide bonds. The van der Waals surface area contributed by atoms with Crippen LogP contribution in [-0.2, 0) is 22.7 Å². The molecule has 0 saturated carbocycles. The van der Waals surface area contributed by atoms with Gasteiger partial charge in [0.25, 0.3) is 5.56 Å². The third kappa shape index (κ3) is 4.93. The Hall–Kier alpha value is -4.21. The second-order valence-corrected chi connectivity index (χ2v) is 9.31. The molecule has 0 aliphatic rings. The fraction of sp³-hybridized carbons (Fsp3) is 0.346. The summed E-state index contributed by atoms with van der Waals surface area (Å²) in [5.41, 5.74) is 1.99. The van der Waals surface area contributed by atoms with Gasteiger partial charge in [0.1, 0.15) is 6.54 Å². The average molecular weight is 491 g/mol. The monoisotopic (exact) mass is 490 g/mol. The van der Waals surface area contributed by atoms with Crippen LogP contribution < -0.4 is 21.9 Å². The molecule has 2 aromatic heterocycles. The highest BCUT2D eigenvalue weighted by atomic mass is 16.2. The van der Waals surface area contributed by atoms with Gasteiger partial charge in [0.2, 0.25) is 17.6 Å². The van der Waals surface area contributed by atoms with Gasteiger partial charge in [-0.1, -0.05) is 44.2 Å². The zero-order chi connectivity index (χ0) is 26.0. The minimum atomic E-state index is -0.545. The third-order valence-electron chi connectivity index (χ3n) is 5.99. The maximum absolute atomic E-state index is 13.3. The molecule has 2 N–H and O–H groups in total. The zero-order valence-corrected chi connectivity index (χ0v) is 20.9. The van der Waals surface area contributed by atoms with Gasteiger partial charge >= 0.3 is 5.69 Å². The second kappa shape index (κ2) is 10.2. The number of rotatable bonds is 8. The number of hydrogen-bond donors (Lipinski definition) is 2. The number of aryl methyl sites for hydroxylation is 3. The van der Waals surface area contributed by atoms with Crippen molar-refractivity contribution in [2.45, 2.75) is 47.2 Å². The zero-order valence-electron chi connectivity index (χ0n) is 20.9. The molecule has 0 fully saturated rings. The molecular weight excluding hydrogens is 460 g/mol. The van der Waals surface area contributed by atoms with Crippen LogP contribution in [0.5, 0.6) is 0 Å². The van der Waals surface area contributed by atoms with Crippen LogP contribution in [0.25, 0.3) is 16.7 Å². The summed E-state index contributed by atoms with van der Waals surface area (Å²) in [6, 6.07) is 12.4. The van der Waals surface area contributed by atoms with E-state index < -0.39 is 11.6 Å². The van der Waals surface area contributed by atoms with Crippen molar-refractivity contribution in [3.05, 3.63) is 74.4 Å².